The molecule has 0 bridgehead atoms. The van der Waals surface area contributed by atoms with Crippen LogP contribution in [0.4, 0.5) is 0 Å². The summed E-state index contributed by atoms with van der Waals surface area (Å²) >= 11 is 1.89. The molecule has 0 unspecified atom stereocenters. The van der Waals surface area contributed by atoms with Gasteiger partial charge in [0.05, 0.1) is 0 Å². The van der Waals surface area contributed by atoms with E-state index in [4.69, 9.17) is 6.42 Å². The number of rotatable bonds is 5. The Kier molecular flexibility index (Phi) is 7.83. The molecular weight excluding hydrogens is 128 g/mol. The van der Waals surface area contributed by atoms with Crippen molar-refractivity contribution in [2.75, 3.05) is 12.0 Å². The molecule has 0 atom stereocenters. The van der Waals surface area contributed by atoms with Crippen LogP contribution in [0.2, 0.25) is 0 Å². The van der Waals surface area contributed by atoms with Crippen molar-refractivity contribution in [2.24, 2.45) is 0 Å². The summed E-state index contributed by atoms with van der Waals surface area (Å²) in [5.74, 6) is 3.65. The summed E-state index contributed by atoms with van der Waals surface area (Å²) in [6, 6.07) is 0. The van der Waals surface area contributed by atoms with Crippen molar-refractivity contribution in [1.82, 2.24) is 0 Å². The second-order valence-electron chi connectivity index (χ2n) is 1.98. The molecule has 0 aliphatic carbocycles. The van der Waals surface area contributed by atoms with E-state index in [0.29, 0.717) is 0 Å². The SMILES string of the molecule is [C]#CCCCCCSC. The zero-order chi connectivity index (χ0) is 6.95. The molecule has 0 saturated carbocycles. The Bertz CT molecular complexity index is 81.1. The molecule has 0 aromatic carbocycles. The van der Waals surface area contributed by atoms with Crippen LogP contribution in [0.25, 0.3) is 0 Å². The van der Waals surface area contributed by atoms with Crippen LogP contribution < -0.4 is 0 Å². The van der Waals surface area contributed by atoms with Crippen molar-refractivity contribution in [3.8, 4) is 5.92 Å². The minimum absolute atomic E-state index is 0.842. The van der Waals surface area contributed by atoms with Crippen LogP contribution in [-0.2, 0) is 0 Å². The monoisotopic (exact) mass is 141 g/mol. The highest BCUT2D eigenvalue weighted by Gasteiger charge is 1.85. The van der Waals surface area contributed by atoms with Crippen molar-refractivity contribution < 1.29 is 0 Å². The Morgan fingerprint density at radius 3 is 2.67 bits per heavy atom. The molecule has 0 aromatic rings. The first-order valence-corrected chi connectivity index (χ1v) is 4.69. The fourth-order valence-corrected chi connectivity index (χ4v) is 1.13. The fourth-order valence-electron chi connectivity index (χ4n) is 0.637. The van der Waals surface area contributed by atoms with E-state index in [-0.39, 0.29) is 0 Å². The Morgan fingerprint density at radius 2 is 2.11 bits per heavy atom. The smallest absolute Gasteiger partial charge is 0.00989 e. The maximum absolute atomic E-state index is 6.63. The highest BCUT2D eigenvalue weighted by molar-refractivity contribution is 7.98. The van der Waals surface area contributed by atoms with E-state index in [2.05, 4.69) is 12.2 Å². The number of thioether (sulfide) groups is 1. The Balaban J connectivity index is 2.69. The van der Waals surface area contributed by atoms with Crippen LogP contribution >= 0.6 is 11.8 Å². The van der Waals surface area contributed by atoms with Crippen molar-refractivity contribution in [3.63, 3.8) is 0 Å². The second kappa shape index (κ2) is 7.91. The van der Waals surface area contributed by atoms with Crippen LogP contribution in [0, 0.1) is 12.3 Å². The molecular formula is C8H13S. The van der Waals surface area contributed by atoms with Gasteiger partial charge < -0.3 is 0 Å². The van der Waals surface area contributed by atoms with E-state index in [0.717, 1.165) is 12.8 Å². The Hall–Kier alpha value is -0.0900. The Morgan fingerprint density at radius 1 is 1.33 bits per heavy atom. The fraction of sp³-hybridized carbons (Fsp3) is 0.750. The lowest BCUT2D eigenvalue weighted by molar-refractivity contribution is 0.743. The predicted molar refractivity (Wildman–Crippen MR) is 44.0 cm³/mol. The predicted octanol–water partition coefficient (Wildman–Crippen LogP) is 2.50. The van der Waals surface area contributed by atoms with Gasteiger partial charge in [-0.15, -0.1) is 0 Å². The molecule has 0 spiro atoms. The van der Waals surface area contributed by atoms with Gasteiger partial charge >= 0.3 is 0 Å². The molecule has 1 radical (unpaired) electrons. The molecule has 9 heavy (non-hydrogen) atoms. The standard InChI is InChI=1S/C8H13S/c1-3-4-5-6-7-8-9-2/h4-8H2,2H3. The summed E-state index contributed by atoms with van der Waals surface area (Å²) in [5, 5.41) is 0. The molecule has 0 saturated heterocycles. The van der Waals surface area contributed by atoms with E-state index in [1.165, 1.54) is 18.6 Å². The molecule has 0 aliphatic heterocycles. The maximum Gasteiger partial charge on any atom is 0.00989 e. The maximum atomic E-state index is 6.63. The average molecular weight is 141 g/mol. The lowest BCUT2D eigenvalue weighted by atomic mass is 10.2. The van der Waals surface area contributed by atoms with Crippen molar-refractivity contribution in [3.05, 3.63) is 6.42 Å². The lowest BCUT2D eigenvalue weighted by Crippen LogP contribution is -1.78. The van der Waals surface area contributed by atoms with E-state index in [1.54, 1.807) is 0 Å². The van der Waals surface area contributed by atoms with Gasteiger partial charge in [-0.25, -0.2) is 0 Å². The van der Waals surface area contributed by atoms with Gasteiger partial charge in [0.15, 0.2) is 0 Å². The van der Waals surface area contributed by atoms with Crippen LogP contribution in [0.3, 0.4) is 0 Å². The molecule has 0 N–H and O–H groups in total. The normalized spacial score (nSPS) is 8.89. The molecule has 1 heteroatoms. The first-order valence-electron chi connectivity index (χ1n) is 3.30. The van der Waals surface area contributed by atoms with Gasteiger partial charge in [-0.2, -0.15) is 11.8 Å². The average Bonchev–Trinajstić information content (AvgIpc) is 1.89. The van der Waals surface area contributed by atoms with E-state index in [1.807, 2.05) is 11.8 Å². The van der Waals surface area contributed by atoms with Crippen molar-refractivity contribution in [1.29, 1.82) is 0 Å². The van der Waals surface area contributed by atoms with Gasteiger partial charge in [0, 0.05) is 6.42 Å². The van der Waals surface area contributed by atoms with Crippen LogP contribution in [0.1, 0.15) is 25.7 Å². The van der Waals surface area contributed by atoms with Gasteiger partial charge in [-0.3, -0.25) is 0 Å². The van der Waals surface area contributed by atoms with E-state index >= 15 is 0 Å². The third-order valence-electron chi connectivity index (χ3n) is 1.15. The number of unbranched alkanes of at least 4 members (excludes halogenated alkanes) is 3. The topological polar surface area (TPSA) is 0 Å². The van der Waals surface area contributed by atoms with Crippen molar-refractivity contribution in [2.45, 2.75) is 25.7 Å². The molecule has 0 nitrogen and oxygen atoms in total. The largest absolute Gasteiger partial charge is 0.165 e. The Labute approximate surface area is 62.4 Å². The van der Waals surface area contributed by atoms with Gasteiger partial charge in [0.1, 0.15) is 0 Å². The quantitative estimate of drug-likeness (QED) is 0.419. The van der Waals surface area contributed by atoms with E-state index in [9.17, 15) is 0 Å². The molecule has 0 rings (SSSR count). The van der Waals surface area contributed by atoms with Gasteiger partial charge in [-0.05, 0) is 31.3 Å². The van der Waals surface area contributed by atoms with Gasteiger partial charge in [0.2, 0.25) is 0 Å². The molecule has 0 heterocycles. The van der Waals surface area contributed by atoms with Crippen LogP contribution in [-0.4, -0.2) is 12.0 Å². The minimum atomic E-state index is 0.842. The first-order chi connectivity index (χ1) is 4.41. The molecule has 51 valence electrons. The molecule has 0 amide bonds. The summed E-state index contributed by atoms with van der Waals surface area (Å²) in [6.07, 6.45) is 13.3. The molecule has 0 fully saturated rings. The lowest BCUT2D eigenvalue weighted by Gasteiger charge is -1.93. The summed E-state index contributed by atoms with van der Waals surface area (Å²) in [4.78, 5) is 0. The zero-order valence-corrected chi connectivity index (χ0v) is 6.76. The molecule has 0 aliphatic rings. The second-order valence-corrected chi connectivity index (χ2v) is 2.97. The van der Waals surface area contributed by atoms with E-state index < -0.39 is 0 Å². The van der Waals surface area contributed by atoms with Crippen molar-refractivity contribution >= 4 is 11.8 Å². The summed E-state index contributed by atoms with van der Waals surface area (Å²) in [7, 11) is 0. The molecule has 0 aromatic heterocycles. The summed E-state index contributed by atoms with van der Waals surface area (Å²) in [6.45, 7) is 0. The van der Waals surface area contributed by atoms with Crippen LogP contribution in [0.5, 0.6) is 0 Å². The van der Waals surface area contributed by atoms with Crippen LogP contribution in [0.15, 0.2) is 0 Å². The summed E-state index contributed by atoms with van der Waals surface area (Å²) < 4.78 is 0. The highest BCUT2D eigenvalue weighted by Crippen LogP contribution is 2.03. The third kappa shape index (κ3) is 7.91. The first kappa shape index (κ1) is 8.91. The van der Waals surface area contributed by atoms with Gasteiger partial charge in [0.25, 0.3) is 0 Å². The third-order valence-corrected chi connectivity index (χ3v) is 1.85. The van der Waals surface area contributed by atoms with Gasteiger partial charge in [-0.1, -0.05) is 12.3 Å². The zero-order valence-electron chi connectivity index (χ0n) is 5.94. The summed E-state index contributed by atoms with van der Waals surface area (Å²) in [5.41, 5.74) is 0. The number of hydrogen-bond donors (Lipinski definition) is 0. The number of hydrogen-bond acceptors (Lipinski definition) is 1. The highest BCUT2D eigenvalue weighted by atomic mass is 32.2. The minimum Gasteiger partial charge on any atom is -0.165 e.